The van der Waals surface area contributed by atoms with Gasteiger partial charge in [-0.3, -0.25) is 4.68 Å². The number of nitrogens with zero attached hydrogens (tertiary/aromatic N) is 3. The summed E-state index contributed by atoms with van der Waals surface area (Å²) in [4.78, 5) is 13.5. The third-order valence-corrected chi connectivity index (χ3v) is 3.66. The molecule has 7 nitrogen and oxygen atoms in total. The van der Waals surface area contributed by atoms with Crippen LogP contribution in [0.3, 0.4) is 0 Å². The highest BCUT2D eigenvalue weighted by molar-refractivity contribution is 5.67. The van der Waals surface area contributed by atoms with Crippen molar-refractivity contribution in [1.29, 1.82) is 0 Å². The number of hydrogen-bond acceptors (Lipinski definition) is 5. The maximum Gasteiger partial charge on any atom is 0.407 e. The molecule has 1 aromatic heterocycles. The van der Waals surface area contributed by atoms with Crippen LogP contribution >= 0.6 is 0 Å². The Morgan fingerprint density at radius 2 is 2.30 bits per heavy atom. The van der Waals surface area contributed by atoms with E-state index in [0.29, 0.717) is 0 Å². The van der Waals surface area contributed by atoms with E-state index >= 15 is 0 Å². The van der Waals surface area contributed by atoms with Crippen molar-refractivity contribution in [2.75, 3.05) is 32.1 Å². The number of hydrogen-bond donors (Lipinski definition) is 2. The molecule has 1 unspecified atom stereocenters. The summed E-state index contributed by atoms with van der Waals surface area (Å²) >= 11 is 0. The first-order valence-corrected chi connectivity index (χ1v) is 6.83. The Hall–Kier alpha value is -1.76. The van der Waals surface area contributed by atoms with E-state index in [1.807, 2.05) is 25.7 Å². The molecule has 20 heavy (non-hydrogen) atoms. The van der Waals surface area contributed by atoms with E-state index in [1.165, 1.54) is 12.7 Å². The van der Waals surface area contributed by atoms with E-state index in [9.17, 15) is 4.79 Å². The number of methoxy groups -OCH3 is 1. The number of anilines is 1. The minimum Gasteiger partial charge on any atom is -0.453 e. The van der Waals surface area contributed by atoms with Crippen LogP contribution in [-0.4, -0.2) is 49.2 Å². The minimum atomic E-state index is -0.367. The van der Waals surface area contributed by atoms with Gasteiger partial charge in [0.1, 0.15) is 5.82 Å². The number of aryl methyl sites for hydroxylation is 2. The lowest BCUT2D eigenvalue weighted by molar-refractivity contribution is 0.167. The molecule has 0 aliphatic carbocycles. The molecular weight excluding hydrogens is 258 g/mol. The standard InChI is InChI=1S/C13H23N5O2/c1-9-11(7-14-2)12(17(3)16-9)18-6-5-10(8-18)15-13(19)20-4/h10,14H,5-8H2,1-4H3,(H,15,19). The zero-order valence-corrected chi connectivity index (χ0v) is 12.6. The zero-order valence-electron chi connectivity index (χ0n) is 12.6. The third-order valence-electron chi connectivity index (χ3n) is 3.66. The molecule has 0 radical (unpaired) electrons. The molecule has 0 aromatic carbocycles. The highest BCUT2D eigenvalue weighted by Gasteiger charge is 2.28. The molecule has 1 amide bonds. The van der Waals surface area contributed by atoms with Gasteiger partial charge in [-0.05, 0) is 20.4 Å². The van der Waals surface area contributed by atoms with Gasteiger partial charge in [-0.15, -0.1) is 0 Å². The summed E-state index contributed by atoms with van der Waals surface area (Å²) in [6.07, 6.45) is 0.548. The van der Waals surface area contributed by atoms with Crippen LogP contribution in [0, 0.1) is 6.92 Å². The second-order valence-corrected chi connectivity index (χ2v) is 5.11. The highest BCUT2D eigenvalue weighted by Crippen LogP contribution is 2.26. The van der Waals surface area contributed by atoms with Crippen LogP contribution in [-0.2, 0) is 18.3 Å². The van der Waals surface area contributed by atoms with Gasteiger partial charge in [0.2, 0.25) is 0 Å². The average molecular weight is 281 g/mol. The number of amides is 1. The Morgan fingerprint density at radius 1 is 1.55 bits per heavy atom. The Balaban J connectivity index is 2.11. The smallest absolute Gasteiger partial charge is 0.407 e. The van der Waals surface area contributed by atoms with Gasteiger partial charge in [0.05, 0.1) is 18.8 Å². The summed E-state index contributed by atoms with van der Waals surface area (Å²) in [7, 11) is 5.28. The zero-order chi connectivity index (χ0) is 14.7. The van der Waals surface area contributed by atoms with Gasteiger partial charge in [0.15, 0.2) is 0 Å². The van der Waals surface area contributed by atoms with E-state index in [-0.39, 0.29) is 12.1 Å². The summed E-state index contributed by atoms with van der Waals surface area (Å²) in [5, 5.41) is 10.5. The van der Waals surface area contributed by atoms with Crippen LogP contribution in [0.2, 0.25) is 0 Å². The van der Waals surface area contributed by atoms with E-state index in [0.717, 1.165) is 37.6 Å². The number of nitrogens with one attached hydrogen (secondary N) is 2. The number of alkyl carbamates (subject to hydrolysis) is 1. The predicted octanol–water partition coefficient (Wildman–Crippen LogP) is 0.383. The van der Waals surface area contributed by atoms with Crippen LogP contribution in [0.5, 0.6) is 0 Å². The predicted molar refractivity (Wildman–Crippen MR) is 76.9 cm³/mol. The topological polar surface area (TPSA) is 71.4 Å². The van der Waals surface area contributed by atoms with Crippen molar-refractivity contribution in [3.05, 3.63) is 11.3 Å². The van der Waals surface area contributed by atoms with Crippen molar-refractivity contribution in [2.24, 2.45) is 7.05 Å². The number of aromatic nitrogens is 2. The van der Waals surface area contributed by atoms with E-state index < -0.39 is 0 Å². The summed E-state index contributed by atoms with van der Waals surface area (Å²) in [6.45, 7) is 4.51. The quantitative estimate of drug-likeness (QED) is 0.835. The molecule has 0 saturated carbocycles. The normalized spacial score (nSPS) is 18.4. The molecule has 2 rings (SSSR count). The van der Waals surface area contributed by atoms with E-state index in [1.54, 1.807) is 0 Å². The third kappa shape index (κ3) is 2.87. The van der Waals surface area contributed by atoms with Gasteiger partial charge in [-0.25, -0.2) is 4.79 Å². The first-order valence-electron chi connectivity index (χ1n) is 6.83. The first-order chi connectivity index (χ1) is 9.56. The van der Waals surface area contributed by atoms with Crippen molar-refractivity contribution in [3.63, 3.8) is 0 Å². The fourth-order valence-corrected chi connectivity index (χ4v) is 2.77. The van der Waals surface area contributed by atoms with Gasteiger partial charge in [0, 0.05) is 32.2 Å². The molecule has 1 aliphatic rings. The molecule has 0 bridgehead atoms. The SMILES string of the molecule is CNCc1c(C)nn(C)c1N1CCC(NC(=O)OC)C1. The highest BCUT2D eigenvalue weighted by atomic mass is 16.5. The molecule has 1 fully saturated rings. The largest absolute Gasteiger partial charge is 0.453 e. The average Bonchev–Trinajstić information content (AvgIpc) is 2.95. The summed E-state index contributed by atoms with van der Waals surface area (Å²) < 4.78 is 6.57. The molecule has 2 N–H and O–H groups in total. The minimum absolute atomic E-state index is 0.125. The Morgan fingerprint density at radius 3 is 2.95 bits per heavy atom. The van der Waals surface area contributed by atoms with Crippen molar-refractivity contribution in [3.8, 4) is 0 Å². The number of ether oxygens (including phenoxy) is 1. The van der Waals surface area contributed by atoms with Crippen LogP contribution in [0.4, 0.5) is 10.6 Å². The Labute approximate surface area is 119 Å². The lowest BCUT2D eigenvalue weighted by atomic mass is 10.2. The second-order valence-electron chi connectivity index (χ2n) is 5.11. The molecule has 1 saturated heterocycles. The molecule has 0 spiro atoms. The molecule has 7 heteroatoms. The maximum atomic E-state index is 11.3. The monoisotopic (exact) mass is 281 g/mol. The fourth-order valence-electron chi connectivity index (χ4n) is 2.77. The Bertz CT molecular complexity index is 485. The molecular formula is C13H23N5O2. The van der Waals surface area contributed by atoms with Crippen molar-refractivity contribution in [2.45, 2.75) is 25.9 Å². The fraction of sp³-hybridized carbons (Fsp3) is 0.692. The van der Waals surface area contributed by atoms with Gasteiger partial charge < -0.3 is 20.3 Å². The van der Waals surface area contributed by atoms with Crippen LogP contribution in [0.15, 0.2) is 0 Å². The van der Waals surface area contributed by atoms with Crippen molar-refractivity contribution in [1.82, 2.24) is 20.4 Å². The first kappa shape index (κ1) is 14.6. The van der Waals surface area contributed by atoms with Gasteiger partial charge in [-0.2, -0.15) is 5.10 Å². The number of carbonyl (C=O) groups excluding carboxylic acids is 1. The van der Waals surface area contributed by atoms with Crippen LogP contribution in [0.25, 0.3) is 0 Å². The van der Waals surface area contributed by atoms with Gasteiger partial charge >= 0.3 is 6.09 Å². The molecule has 112 valence electrons. The van der Waals surface area contributed by atoms with Crippen molar-refractivity contribution >= 4 is 11.9 Å². The van der Waals surface area contributed by atoms with Crippen molar-refractivity contribution < 1.29 is 9.53 Å². The summed E-state index contributed by atoms with van der Waals surface area (Å²) in [6, 6.07) is 0.125. The second kappa shape index (κ2) is 6.13. The summed E-state index contributed by atoms with van der Waals surface area (Å²) in [5.41, 5.74) is 2.26. The lowest BCUT2D eigenvalue weighted by Gasteiger charge is -2.20. The lowest BCUT2D eigenvalue weighted by Crippen LogP contribution is -2.37. The molecule has 2 heterocycles. The number of carbonyl (C=O) groups is 1. The van der Waals surface area contributed by atoms with Gasteiger partial charge in [0.25, 0.3) is 0 Å². The molecule has 1 atom stereocenters. The molecule has 1 aromatic rings. The van der Waals surface area contributed by atoms with Crippen LogP contribution < -0.4 is 15.5 Å². The summed E-state index contributed by atoms with van der Waals surface area (Å²) in [5.74, 6) is 1.13. The Kier molecular flexibility index (Phi) is 4.49. The maximum absolute atomic E-state index is 11.3. The van der Waals surface area contributed by atoms with E-state index in [2.05, 4.69) is 25.4 Å². The number of rotatable bonds is 4. The van der Waals surface area contributed by atoms with E-state index in [4.69, 9.17) is 0 Å². The van der Waals surface area contributed by atoms with Crippen LogP contribution in [0.1, 0.15) is 17.7 Å². The molecule has 1 aliphatic heterocycles. The van der Waals surface area contributed by atoms with Gasteiger partial charge in [-0.1, -0.05) is 0 Å².